The molecule has 0 spiro atoms. The summed E-state index contributed by atoms with van der Waals surface area (Å²) < 4.78 is 7.51. The Balaban J connectivity index is 1.29. The van der Waals surface area contributed by atoms with Gasteiger partial charge in [-0.15, -0.1) is 22.0 Å². The van der Waals surface area contributed by atoms with Crippen LogP contribution in [0.25, 0.3) is 16.6 Å². The lowest BCUT2D eigenvalue weighted by Gasteiger charge is -2.12. The highest BCUT2D eigenvalue weighted by atomic mass is 32.2. The molecule has 6 nitrogen and oxygen atoms in total. The van der Waals surface area contributed by atoms with E-state index in [1.165, 1.54) is 17.1 Å². The van der Waals surface area contributed by atoms with Crippen LogP contribution in [-0.4, -0.2) is 43.5 Å². The van der Waals surface area contributed by atoms with E-state index in [-0.39, 0.29) is 6.61 Å². The third-order valence-corrected chi connectivity index (χ3v) is 5.50. The van der Waals surface area contributed by atoms with Gasteiger partial charge in [0.15, 0.2) is 5.82 Å². The third-order valence-electron chi connectivity index (χ3n) is 4.44. The molecule has 148 valence electrons. The molecule has 0 bridgehead atoms. The van der Waals surface area contributed by atoms with Gasteiger partial charge >= 0.3 is 0 Å². The quantitative estimate of drug-likeness (QED) is 0.468. The first-order valence-electron chi connectivity index (χ1n) is 9.38. The fraction of sp³-hybridized carbons (Fsp3) is 0.227. The van der Waals surface area contributed by atoms with Crippen molar-refractivity contribution in [2.75, 3.05) is 12.4 Å². The summed E-state index contributed by atoms with van der Waals surface area (Å²) in [7, 11) is 0. The van der Waals surface area contributed by atoms with Gasteiger partial charge in [0, 0.05) is 11.4 Å². The molecule has 7 heteroatoms. The molecule has 2 heterocycles. The van der Waals surface area contributed by atoms with E-state index in [0.717, 1.165) is 27.5 Å². The standard InChI is InChI=1S/C22H22N4O2S/c1-15-11-16(2)26(25-15)21-9-10-22(24-23-21)29-14-19(27)13-28-20-8-7-17-5-3-4-6-18(17)12-20/h3-12,19,27H,13-14H2,1-2H3. The largest absolute Gasteiger partial charge is 0.491 e. The van der Waals surface area contributed by atoms with Gasteiger partial charge < -0.3 is 9.84 Å². The molecule has 29 heavy (non-hydrogen) atoms. The Morgan fingerprint density at radius 2 is 1.83 bits per heavy atom. The van der Waals surface area contributed by atoms with Crippen molar-refractivity contribution < 1.29 is 9.84 Å². The van der Waals surface area contributed by atoms with Gasteiger partial charge in [0.25, 0.3) is 0 Å². The van der Waals surface area contributed by atoms with Crippen LogP contribution in [0, 0.1) is 13.8 Å². The zero-order valence-corrected chi connectivity index (χ0v) is 17.1. The highest BCUT2D eigenvalue weighted by molar-refractivity contribution is 7.99. The zero-order chi connectivity index (χ0) is 20.2. The second-order valence-corrected chi connectivity index (χ2v) is 7.89. The maximum atomic E-state index is 10.2. The Morgan fingerprint density at radius 3 is 2.55 bits per heavy atom. The van der Waals surface area contributed by atoms with E-state index < -0.39 is 6.10 Å². The van der Waals surface area contributed by atoms with Crippen LogP contribution < -0.4 is 4.74 Å². The van der Waals surface area contributed by atoms with Gasteiger partial charge in [0.05, 0.1) is 11.8 Å². The monoisotopic (exact) mass is 406 g/mol. The van der Waals surface area contributed by atoms with Crippen molar-refractivity contribution in [3.05, 3.63) is 72.1 Å². The van der Waals surface area contributed by atoms with E-state index in [0.29, 0.717) is 11.6 Å². The van der Waals surface area contributed by atoms with Gasteiger partial charge in [0.2, 0.25) is 0 Å². The predicted octanol–water partition coefficient (Wildman–Crippen LogP) is 3.96. The smallest absolute Gasteiger partial charge is 0.175 e. The van der Waals surface area contributed by atoms with E-state index in [1.807, 2.05) is 68.4 Å². The number of aliphatic hydroxyl groups is 1. The molecule has 1 N–H and O–H groups in total. The lowest BCUT2D eigenvalue weighted by Crippen LogP contribution is -2.20. The molecule has 0 saturated carbocycles. The number of aliphatic hydroxyl groups excluding tert-OH is 1. The first kappa shape index (κ1) is 19.4. The molecule has 0 fully saturated rings. The number of ether oxygens (including phenoxy) is 1. The van der Waals surface area contributed by atoms with Crippen molar-refractivity contribution in [3.63, 3.8) is 0 Å². The van der Waals surface area contributed by atoms with Crippen LogP contribution in [0.4, 0.5) is 0 Å². The van der Waals surface area contributed by atoms with Crippen molar-refractivity contribution in [2.24, 2.45) is 0 Å². The van der Waals surface area contributed by atoms with Gasteiger partial charge in [-0.25, -0.2) is 4.68 Å². The summed E-state index contributed by atoms with van der Waals surface area (Å²) >= 11 is 1.45. The van der Waals surface area contributed by atoms with Crippen LogP contribution in [0.1, 0.15) is 11.4 Å². The van der Waals surface area contributed by atoms with Crippen molar-refractivity contribution in [1.82, 2.24) is 20.0 Å². The van der Waals surface area contributed by atoms with Gasteiger partial charge in [-0.3, -0.25) is 0 Å². The van der Waals surface area contributed by atoms with E-state index in [4.69, 9.17) is 4.74 Å². The number of rotatable bonds is 7. The summed E-state index contributed by atoms with van der Waals surface area (Å²) in [5.74, 6) is 1.91. The fourth-order valence-electron chi connectivity index (χ4n) is 3.04. The van der Waals surface area contributed by atoms with Crippen molar-refractivity contribution >= 4 is 22.5 Å². The van der Waals surface area contributed by atoms with Crippen LogP contribution in [0.15, 0.2) is 65.7 Å². The molecular formula is C22H22N4O2S. The van der Waals surface area contributed by atoms with E-state index in [2.05, 4.69) is 21.4 Å². The second kappa shape index (κ2) is 8.63. The molecule has 1 unspecified atom stereocenters. The Bertz CT molecular complexity index is 1110. The van der Waals surface area contributed by atoms with E-state index in [1.54, 1.807) is 4.68 Å². The summed E-state index contributed by atoms with van der Waals surface area (Å²) in [6.07, 6.45) is -0.607. The number of aryl methyl sites for hydroxylation is 2. The van der Waals surface area contributed by atoms with Crippen molar-refractivity contribution in [2.45, 2.75) is 25.0 Å². The molecule has 2 aromatic carbocycles. The summed E-state index contributed by atoms with van der Waals surface area (Å²) in [5.41, 5.74) is 1.95. The number of hydrogen-bond donors (Lipinski definition) is 1. The number of fused-ring (bicyclic) bond motifs is 1. The van der Waals surface area contributed by atoms with Crippen LogP contribution in [0.3, 0.4) is 0 Å². The Morgan fingerprint density at radius 1 is 1.00 bits per heavy atom. The lowest BCUT2D eigenvalue weighted by molar-refractivity contribution is 0.126. The van der Waals surface area contributed by atoms with Gasteiger partial charge in [-0.1, -0.05) is 30.3 Å². The van der Waals surface area contributed by atoms with Gasteiger partial charge in [0.1, 0.15) is 17.4 Å². The Labute approximate surface area is 173 Å². The summed E-state index contributed by atoms with van der Waals surface area (Å²) in [4.78, 5) is 0. The zero-order valence-electron chi connectivity index (χ0n) is 16.3. The number of aromatic nitrogens is 4. The third kappa shape index (κ3) is 4.75. The minimum absolute atomic E-state index is 0.225. The Hall–Kier alpha value is -2.90. The highest BCUT2D eigenvalue weighted by Gasteiger charge is 2.10. The molecule has 0 radical (unpaired) electrons. The molecule has 2 aromatic heterocycles. The average molecular weight is 407 g/mol. The molecule has 0 aliphatic carbocycles. The molecule has 0 aliphatic heterocycles. The van der Waals surface area contributed by atoms with Gasteiger partial charge in [-0.2, -0.15) is 5.10 Å². The summed E-state index contributed by atoms with van der Waals surface area (Å²) in [6.45, 7) is 4.15. The summed E-state index contributed by atoms with van der Waals surface area (Å²) in [5, 5.41) is 26.2. The molecule has 0 saturated heterocycles. The summed E-state index contributed by atoms with van der Waals surface area (Å²) in [6, 6.07) is 19.8. The number of nitrogens with zero attached hydrogens (tertiary/aromatic N) is 4. The van der Waals surface area contributed by atoms with Crippen LogP contribution in [-0.2, 0) is 0 Å². The molecular weight excluding hydrogens is 384 g/mol. The molecule has 0 amide bonds. The van der Waals surface area contributed by atoms with Gasteiger partial charge in [-0.05, 0) is 55.0 Å². The van der Waals surface area contributed by atoms with Crippen molar-refractivity contribution in [1.29, 1.82) is 0 Å². The first-order valence-corrected chi connectivity index (χ1v) is 10.4. The van der Waals surface area contributed by atoms with E-state index in [9.17, 15) is 5.11 Å². The number of thioether (sulfide) groups is 1. The average Bonchev–Trinajstić information content (AvgIpc) is 3.09. The molecule has 4 rings (SSSR count). The lowest BCUT2D eigenvalue weighted by atomic mass is 10.1. The maximum absolute atomic E-state index is 10.2. The fourth-order valence-corrected chi connectivity index (χ4v) is 3.77. The number of hydrogen-bond acceptors (Lipinski definition) is 6. The van der Waals surface area contributed by atoms with E-state index >= 15 is 0 Å². The normalized spacial score (nSPS) is 12.2. The molecule has 1 atom stereocenters. The minimum Gasteiger partial charge on any atom is -0.491 e. The van der Waals surface area contributed by atoms with Crippen LogP contribution in [0.5, 0.6) is 5.75 Å². The Kier molecular flexibility index (Phi) is 5.78. The predicted molar refractivity (Wildman–Crippen MR) is 115 cm³/mol. The SMILES string of the molecule is Cc1cc(C)n(-c2ccc(SCC(O)COc3ccc4ccccc4c3)nn2)n1. The topological polar surface area (TPSA) is 73.1 Å². The van der Waals surface area contributed by atoms with Crippen molar-refractivity contribution in [3.8, 4) is 11.6 Å². The minimum atomic E-state index is -0.607. The molecule has 0 aliphatic rings. The first-order chi connectivity index (χ1) is 14.1. The van der Waals surface area contributed by atoms with Crippen LogP contribution in [0.2, 0.25) is 0 Å². The maximum Gasteiger partial charge on any atom is 0.175 e. The second-order valence-electron chi connectivity index (χ2n) is 6.85. The number of benzene rings is 2. The highest BCUT2D eigenvalue weighted by Crippen LogP contribution is 2.21. The molecule has 4 aromatic rings. The van der Waals surface area contributed by atoms with Crippen LogP contribution >= 0.6 is 11.8 Å².